The molecule has 0 saturated heterocycles. The maximum absolute atomic E-state index is 2.32. The Morgan fingerprint density at radius 2 is 0.879 bits per heavy atom. The van der Waals surface area contributed by atoms with Gasteiger partial charge in [0.15, 0.2) is 0 Å². The highest BCUT2D eigenvalue weighted by Gasteiger charge is 2.13. The summed E-state index contributed by atoms with van der Waals surface area (Å²) in [5.41, 5.74) is 9.78. The summed E-state index contributed by atoms with van der Waals surface area (Å²) in [4.78, 5) is 0. The van der Waals surface area contributed by atoms with E-state index in [1.807, 2.05) is 0 Å². The molecule has 156 valence electrons. The van der Waals surface area contributed by atoms with Gasteiger partial charge < -0.3 is 4.57 Å². The van der Waals surface area contributed by atoms with Crippen molar-refractivity contribution in [1.29, 1.82) is 0 Å². The van der Waals surface area contributed by atoms with E-state index < -0.39 is 0 Å². The highest BCUT2D eigenvalue weighted by Crippen LogP contribution is 2.35. The number of benzene rings is 5. The standard InChI is InChI=1S/C32H23N/c1-4-10-24(11-5-1)26-16-19-29(20-17-26)33-23-31(27-14-8-3-9-15-27)30-22-28(18-21-32(30)33)25-12-6-2-7-13-25/h1-23H. The Hall–Kier alpha value is -4.36. The maximum atomic E-state index is 2.32. The van der Waals surface area contributed by atoms with E-state index in [4.69, 9.17) is 0 Å². The van der Waals surface area contributed by atoms with Gasteiger partial charge in [0.05, 0.1) is 5.52 Å². The third-order valence-corrected chi connectivity index (χ3v) is 6.25. The molecule has 1 nitrogen and oxygen atoms in total. The second-order valence-electron chi connectivity index (χ2n) is 8.29. The Kier molecular flexibility index (Phi) is 4.86. The van der Waals surface area contributed by atoms with E-state index in [9.17, 15) is 0 Å². The first-order valence-corrected chi connectivity index (χ1v) is 11.3. The number of nitrogens with zero attached hydrogens (tertiary/aromatic N) is 1. The molecule has 0 radical (unpaired) electrons. The lowest BCUT2D eigenvalue weighted by atomic mass is 10.00. The first-order valence-electron chi connectivity index (χ1n) is 11.3. The molecule has 0 bridgehead atoms. The van der Waals surface area contributed by atoms with E-state index in [0.717, 1.165) is 5.69 Å². The molecular formula is C32H23N. The lowest BCUT2D eigenvalue weighted by Crippen LogP contribution is -1.91. The Labute approximate surface area is 194 Å². The van der Waals surface area contributed by atoms with Crippen molar-refractivity contribution in [3.63, 3.8) is 0 Å². The lowest BCUT2D eigenvalue weighted by molar-refractivity contribution is 1.13. The number of hydrogen-bond donors (Lipinski definition) is 0. The Morgan fingerprint density at radius 1 is 0.394 bits per heavy atom. The third-order valence-electron chi connectivity index (χ3n) is 6.25. The Morgan fingerprint density at radius 3 is 1.48 bits per heavy atom. The van der Waals surface area contributed by atoms with Crippen molar-refractivity contribution in [3.8, 4) is 39.1 Å². The molecule has 0 aliphatic heterocycles. The van der Waals surface area contributed by atoms with Crippen LogP contribution < -0.4 is 0 Å². The van der Waals surface area contributed by atoms with Crippen LogP contribution in [-0.4, -0.2) is 4.57 Å². The highest BCUT2D eigenvalue weighted by atomic mass is 15.0. The first-order chi connectivity index (χ1) is 16.4. The lowest BCUT2D eigenvalue weighted by Gasteiger charge is -2.08. The molecule has 0 spiro atoms. The predicted molar refractivity (Wildman–Crippen MR) is 140 cm³/mol. The van der Waals surface area contributed by atoms with Gasteiger partial charge in [0, 0.05) is 22.8 Å². The second kappa shape index (κ2) is 8.29. The van der Waals surface area contributed by atoms with E-state index in [0.29, 0.717) is 0 Å². The van der Waals surface area contributed by atoms with Gasteiger partial charge in [-0.05, 0) is 52.1 Å². The predicted octanol–water partition coefficient (Wildman–Crippen LogP) is 8.63. The zero-order valence-electron chi connectivity index (χ0n) is 18.2. The third kappa shape index (κ3) is 3.64. The molecular weight excluding hydrogens is 398 g/mol. The van der Waals surface area contributed by atoms with E-state index in [1.54, 1.807) is 0 Å². The van der Waals surface area contributed by atoms with E-state index in [-0.39, 0.29) is 0 Å². The minimum Gasteiger partial charge on any atom is -0.316 e. The normalized spacial score (nSPS) is 11.0. The van der Waals surface area contributed by atoms with Gasteiger partial charge in [-0.1, -0.05) is 109 Å². The average Bonchev–Trinajstić information content (AvgIpc) is 3.29. The van der Waals surface area contributed by atoms with Gasteiger partial charge in [-0.15, -0.1) is 0 Å². The topological polar surface area (TPSA) is 4.93 Å². The molecule has 6 aromatic rings. The largest absolute Gasteiger partial charge is 0.316 e. The zero-order valence-corrected chi connectivity index (χ0v) is 18.2. The van der Waals surface area contributed by atoms with Crippen LogP contribution in [0.5, 0.6) is 0 Å². The average molecular weight is 422 g/mol. The quantitative estimate of drug-likeness (QED) is 0.268. The summed E-state index contributed by atoms with van der Waals surface area (Å²) in [6.45, 7) is 0. The summed E-state index contributed by atoms with van der Waals surface area (Å²) in [5.74, 6) is 0. The van der Waals surface area contributed by atoms with Gasteiger partial charge in [-0.3, -0.25) is 0 Å². The molecule has 0 unspecified atom stereocenters. The number of rotatable bonds is 4. The molecule has 0 saturated carbocycles. The van der Waals surface area contributed by atoms with Crippen molar-refractivity contribution in [3.05, 3.63) is 140 Å². The molecule has 1 aromatic heterocycles. The van der Waals surface area contributed by atoms with Crippen molar-refractivity contribution < 1.29 is 0 Å². The summed E-state index contributed by atoms with van der Waals surface area (Å²) >= 11 is 0. The van der Waals surface area contributed by atoms with Gasteiger partial charge in [-0.25, -0.2) is 0 Å². The molecule has 1 heteroatoms. The second-order valence-corrected chi connectivity index (χ2v) is 8.29. The van der Waals surface area contributed by atoms with Gasteiger partial charge in [0.1, 0.15) is 0 Å². The monoisotopic (exact) mass is 421 g/mol. The molecule has 1 heterocycles. The van der Waals surface area contributed by atoms with Crippen LogP contribution in [0.2, 0.25) is 0 Å². The van der Waals surface area contributed by atoms with Crippen molar-refractivity contribution in [2.45, 2.75) is 0 Å². The van der Waals surface area contributed by atoms with Crippen molar-refractivity contribution in [2.75, 3.05) is 0 Å². The summed E-state index contributed by atoms with van der Waals surface area (Å²) in [5, 5.41) is 1.26. The Balaban J connectivity index is 1.51. The molecule has 0 atom stereocenters. The van der Waals surface area contributed by atoms with Gasteiger partial charge in [-0.2, -0.15) is 0 Å². The molecule has 5 aromatic carbocycles. The van der Waals surface area contributed by atoms with E-state index in [1.165, 1.54) is 44.3 Å². The van der Waals surface area contributed by atoms with E-state index >= 15 is 0 Å². The SMILES string of the molecule is c1ccc(-c2ccc(-n3cc(-c4ccccc4)c4cc(-c5ccccc5)ccc43)cc2)cc1. The van der Waals surface area contributed by atoms with Crippen LogP contribution in [0, 0.1) is 0 Å². The van der Waals surface area contributed by atoms with Crippen molar-refractivity contribution >= 4 is 10.9 Å². The van der Waals surface area contributed by atoms with E-state index in [2.05, 4.69) is 144 Å². The minimum absolute atomic E-state index is 1.16. The van der Waals surface area contributed by atoms with Crippen molar-refractivity contribution in [1.82, 2.24) is 4.57 Å². The fraction of sp³-hybridized carbons (Fsp3) is 0. The summed E-state index contributed by atoms with van der Waals surface area (Å²) in [6.07, 6.45) is 2.27. The number of aromatic nitrogens is 1. The summed E-state index contributed by atoms with van der Waals surface area (Å²) < 4.78 is 2.31. The summed E-state index contributed by atoms with van der Waals surface area (Å²) in [6, 6.07) is 47.4. The maximum Gasteiger partial charge on any atom is 0.0535 e. The van der Waals surface area contributed by atoms with Crippen LogP contribution in [0.25, 0.3) is 50.0 Å². The Bertz CT molecular complexity index is 1510. The van der Waals surface area contributed by atoms with Gasteiger partial charge in [0.25, 0.3) is 0 Å². The fourth-order valence-electron chi connectivity index (χ4n) is 4.55. The van der Waals surface area contributed by atoms with Crippen LogP contribution >= 0.6 is 0 Å². The molecule has 6 rings (SSSR count). The van der Waals surface area contributed by atoms with Crippen LogP contribution in [0.1, 0.15) is 0 Å². The number of hydrogen-bond acceptors (Lipinski definition) is 0. The molecule has 0 fully saturated rings. The van der Waals surface area contributed by atoms with Gasteiger partial charge in [0.2, 0.25) is 0 Å². The number of fused-ring (bicyclic) bond motifs is 1. The summed E-state index contributed by atoms with van der Waals surface area (Å²) in [7, 11) is 0. The smallest absolute Gasteiger partial charge is 0.0535 e. The van der Waals surface area contributed by atoms with Crippen LogP contribution in [0.3, 0.4) is 0 Å². The van der Waals surface area contributed by atoms with Crippen molar-refractivity contribution in [2.24, 2.45) is 0 Å². The molecule has 0 aliphatic carbocycles. The van der Waals surface area contributed by atoms with Crippen LogP contribution in [0.15, 0.2) is 140 Å². The molecule has 0 amide bonds. The molecule has 33 heavy (non-hydrogen) atoms. The minimum atomic E-state index is 1.16. The first kappa shape index (κ1) is 19.3. The fourth-order valence-corrected chi connectivity index (χ4v) is 4.55. The zero-order chi connectivity index (χ0) is 22.0. The molecule has 0 N–H and O–H groups in total. The van der Waals surface area contributed by atoms with Gasteiger partial charge >= 0.3 is 0 Å². The molecule has 0 aliphatic rings. The van der Waals surface area contributed by atoms with Crippen LogP contribution in [-0.2, 0) is 0 Å². The highest BCUT2D eigenvalue weighted by molar-refractivity contribution is 5.99. The van der Waals surface area contributed by atoms with Crippen LogP contribution in [0.4, 0.5) is 0 Å².